The molecule has 0 radical (unpaired) electrons. The molecule has 6 nitrogen and oxygen atoms in total. The minimum absolute atomic E-state index is 0. The van der Waals surface area contributed by atoms with Gasteiger partial charge in [0.15, 0.2) is 0 Å². The van der Waals surface area contributed by atoms with E-state index in [9.17, 15) is 0 Å². The minimum atomic E-state index is 0. The molecule has 0 aliphatic carbocycles. The first kappa shape index (κ1) is 54.2. The maximum Gasteiger partial charge on any atom is 2.00 e. The van der Waals surface area contributed by atoms with Gasteiger partial charge in [0, 0.05) is 24.9 Å². The van der Waals surface area contributed by atoms with Crippen molar-refractivity contribution in [2.24, 2.45) is 20.0 Å². The van der Waals surface area contributed by atoms with Gasteiger partial charge >= 0.3 is 17.1 Å². The van der Waals surface area contributed by atoms with Gasteiger partial charge in [0.2, 0.25) is 0 Å². The van der Waals surface area contributed by atoms with Crippen molar-refractivity contribution in [3.8, 4) is 0 Å². The predicted molar refractivity (Wildman–Crippen MR) is 287 cm³/mol. The fourth-order valence-corrected chi connectivity index (χ4v) is 8.24. The molecule has 0 saturated heterocycles. The largest absolute Gasteiger partial charge is 2.00 e. The van der Waals surface area contributed by atoms with Crippen LogP contribution in [-0.2, 0) is 17.1 Å². The van der Waals surface area contributed by atoms with Crippen LogP contribution in [0.1, 0.15) is 225 Å². The molecule has 67 heavy (non-hydrogen) atoms. The summed E-state index contributed by atoms with van der Waals surface area (Å²) in [5.74, 6) is 3.35. The zero-order valence-corrected chi connectivity index (χ0v) is 44.3. The monoisotopic (exact) mass is 937 g/mol. The molecule has 2 heterocycles. The second-order valence-electron chi connectivity index (χ2n) is 20.0. The fraction of sp³-hybridized carbons (Fsp3) is 0.400. The van der Waals surface area contributed by atoms with Crippen LogP contribution in [0, 0.1) is 0 Å². The van der Waals surface area contributed by atoms with Crippen LogP contribution in [0.5, 0.6) is 0 Å². The van der Waals surface area contributed by atoms with Gasteiger partial charge in [-0.1, -0.05) is 208 Å². The van der Waals surface area contributed by atoms with Gasteiger partial charge in [-0.25, -0.2) is 0 Å². The number of hydrogen-bond acceptors (Lipinski definition) is 4. The van der Waals surface area contributed by atoms with Gasteiger partial charge < -0.3 is 9.97 Å². The average Bonchev–Trinajstić information content (AvgIpc) is 3.94. The molecule has 4 aromatic carbocycles. The molecule has 0 N–H and O–H groups in total. The maximum atomic E-state index is 4.89. The molecule has 0 aliphatic heterocycles. The van der Waals surface area contributed by atoms with Crippen LogP contribution in [0.4, 0.5) is 22.7 Å². The average molecular weight is 937 g/mol. The number of aliphatic imine (C=N–C) groups is 4. The van der Waals surface area contributed by atoms with Gasteiger partial charge in [0.1, 0.15) is 0 Å². The Kier molecular flexibility index (Phi) is 20.3. The van der Waals surface area contributed by atoms with Crippen LogP contribution in [0.3, 0.4) is 0 Å². The number of aromatic nitrogens is 2. The third-order valence-corrected chi connectivity index (χ3v) is 12.0. The van der Waals surface area contributed by atoms with Crippen molar-refractivity contribution >= 4 is 47.6 Å². The van der Waals surface area contributed by atoms with Crippen LogP contribution >= 0.6 is 0 Å². The number of rotatable bonds is 16. The summed E-state index contributed by atoms with van der Waals surface area (Å²) in [5, 5.41) is 0. The Morgan fingerprint density at radius 2 is 0.418 bits per heavy atom. The van der Waals surface area contributed by atoms with Gasteiger partial charge in [-0.05, 0) is 91.9 Å². The van der Waals surface area contributed by atoms with E-state index in [4.69, 9.17) is 29.9 Å². The van der Waals surface area contributed by atoms with E-state index in [2.05, 4.69) is 184 Å². The van der Waals surface area contributed by atoms with E-state index >= 15 is 0 Å². The van der Waals surface area contributed by atoms with E-state index in [0.717, 1.165) is 45.5 Å². The normalized spacial score (nSPS) is 12.3. The summed E-state index contributed by atoms with van der Waals surface area (Å²) in [4.78, 5) is 29.1. The van der Waals surface area contributed by atoms with E-state index in [1.54, 1.807) is 0 Å². The molecule has 6 aromatic rings. The van der Waals surface area contributed by atoms with Crippen molar-refractivity contribution in [2.45, 2.75) is 158 Å². The molecule has 7 heteroatoms. The van der Waals surface area contributed by atoms with Gasteiger partial charge in [-0.2, -0.15) is 0 Å². The molecule has 6 rings (SSSR count). The topological polar surface area (TPSA) is 77.6 Å². The van der Waals surface area contributed by atoms with Gasteiger partial charge in [-0.3, -0.25) is 20.0 Å². The molecule has 0 unspecified atom stereocenters. The van der Waals surface area contributed by atoms with Gasteiger partial charge in [0.05, 0.1) is 22.7 Å². The van der Waals surface area contributed by atoms with E-state index in [0.29, 0.717) is 47.3 Å². The standard InChI is InChI=1S/2C30H38N3.Fe/c2*1-19(2)25-11-9-12-26(20(3)4)29(25)31-17-23-15-16-24(33-23)18-32-30-27(21(5)6)13-10-14-28(30)22(7)8;/h2*9-22H,1-8H3;/q2*-1;+2. The Hall–Kier alpha value is -5.36. The summed E-state index contributed by atoms with van der Waals surface area (Å²) < 4.78 is 0. The maximum absolute atomic E-state index is 4.89. The number of nitrogens with zero attached hydrogens (tertiary/aromatic N) is 6. The Bertz CT molecular complexity index is 2160. The predicted octanol–water partition coefficient (Wildman–Crippen LogP) is 17.3. The summed E-state index contributed by atoms with van der Waals surface area (Å²) in [6.07, 6.45) is 7.52. The fourth-order valence-electron chi connectivity index (χ4n) is 8.24. The van der Waals surface area contributed by atoms with E-state index in [-0.39, 0.29) is 17.1 Å². The van der Waals surface area contributed by atoms with Crippen LogP contribution in [0.15, 0.2) is 117 Å². The second-order valence-corrected chi connectivity index (χ2v) is 20.0. The third-order valence-electron chi connectivity index (χ3n) is 12.0. The van der Waals surface area contributed by atoms with Crippen molar-refractivity contribution in [1.82, 2.24) is 9.97 Å². The van der Waals surface area contributed by atoms with Gasteiger partial charge in [0.25, 0.3) is 0 Å². The number of benzene rings is 4. The van der Waals surface area contributed by atoms with Crippen molar-refractivity contribution in [3.63, 3.8) is 0 Å². The Morgan fingerprint density at radius 1 is 0.269 bits per heavy atom. The first-order chi connectivity index (χ1) is 31.4. The molecule has 0 amide bonds. The molecule has 0 saturated carbocycles. The summed E-state index contributed by atoms with van der Waals surface area (Å²) in [7, 11) is 0. The summed E-state index contributed by atoms with van der Waals surface area (Å²) in [6, 6.07) is 34.0. The zero-order valence-electron chi connectivity index (χ0n) is 43.2. The van der Waals surface area contributed by atoms with E-state index in [1.807, 2.05) is 49.1 Å². The van der Waals surface area contributed by atoms with Crippen molar-refractivity contribution in [2.75, 3.05) is 0 Å². The van der Waals surface area contributed by atoms with Crippen LogP contribution < -0.4 is 9.97 Å². The minimum Gasteiger partial charge on any atom is -0.655 e. The first-order valence-corrected chi connectivity index (χ1v) is 24.3. The molecule has 0 bridgehead atoms. The van der Waals surface area contributed by atoms with E-state index in [1.165, 1.54) is 44.5 Å². The Labute approximate surface area is 415 Å². The summed E-state index contributed by atoms with van der Waals surface area (Å²) in [6.45, 7) is 35.5. The quantitative estimate of drug-likeness (QED) is 0.0716. The van der Waals surface area contributed by atoms with Crippen LogP contribution in [0.2, 0.25) is 0 Å². The molecular weight excluding hydrogens is 861 g/mol. The molecule has 0 spiro atoms. The first-order valence-electron chi connectivity index (χ1n) is 24.3. The van der Waals surface area contributed by atoms with Crippen molar-refractivity contribution in [1.29, 1.82) is 0 Å². The zero-order chi connectivity index (χ0) is 48.2. The number of para-hydroxylation sites is 4. The molecule has 2 aromatic heterocycles. The van der Waals surface area contributed by atoms with Crippen LogP contribution in [-0.4, -0.2) is 24.9 Å². The molecule has 0 aliphatic rings. The number of hydrogen-bond donors (Lipinski definition) is 0. The SMILES string of the molecule is CC(C)c1cccc(C(C)C)c1N=Cc1ccc(C=Nc2c(C(C)C)cccc2C(C)C)[n-]1.CC(C)c1cccc(C(C)C)c1N=Cc1ccc(C=Nc2c(C(C)C)cccc2C(C)C)[n-]1.[Fe+2]. The van der Waals surface area contributed by atoms with Gasteiger partial charge in [-0.15, -0.1) is 22.8 Å². The van der Waals surface area contributed by atoms with E-state index < -0.39 is 0 Å². The summed E-state index contributed by atoms with van der Waals surface area (Å²) in [5.41, 5.74) is 17.9. The van der Waals surface area contributed by atoms with Crippen molar-refractivity contribution < 1.29 is 17.1 Å². The smallest absolute Gasteiger partial charge is 0.655 e. The van der Waals surface area contributed by atoms with Crippen molar-refractivity contribution in [3.05, 3.63) is 164 Å². The Morgan fingerprint density at radius 3 is 0.552 bits per heavy atom. The molecule has 354 valence electrons. The molecule has 0 fully saturated rings. The summed E-state index contributed by atoms with van der Waals surface area (Å²) >= 11 is 0. The van der Waals surface area contributed by atoms with Crippen LogP contribution in [0.25, 0.3) is 0 Å². The third kappa shape index (κ3) is 14.3. The Balaban J connectivity index is 0.000000288. The molecule has 0 atom stereocenters. The molecular formula is C60H76FeN6. The second kappa shape index (κ2) is 25.1.